The van der Waals surface area contributed by atoms with Crippen LogP contribution in [0.2, 0.25) is 5.02 Å². The summed E-state index contributed by atoms with van der Waals surface area (Å²) in [5.74, 6) is -0.793. The molecule has 0 spiro atoms. The lowest BCUT2D eigenvalue weighted by Gasteiger charge is -2.18. The van der Waals surface area contributed by atoms with Gasteiger partial charge in [-0.3, -0.25) is 14.4 Å². The van der Waals surface area contributed by atoms with E-state index in [0.29, 0.717) is 10.6 Å². The van der Waals surface area contributed by atoms with E-state index in [0.717, 1.165) is 0 Å². The van der Waals surface area contributed by atoms with E-state index in [1.54, 1.807) is 39.0 Å². The van der Waals surface area contributed by atoms with Crippen LogP contribution in [0.1, 0.15) is 31.1 Å². The second kappa shape index (κ2) is 6.54. The zero-order valence-corrected chi connectivity index (χ0v) is 11.9. The normalized spacial score (nSPS) is 10.9. The first-order valence-corrected chi connectivity index (χ1v) is 6.16. The minimum absolute atomic E-state index is 0.165. The largest absolute Gasteiger partial charge is 0.343 e. The zero-order valence-electron chi connectivity index (χ0n) is 11.1. The van der Waals surface area contributed by atoms with Crippen LogP contribution in [-0.2, 0) is 9.63 Å². The first kappa shape index (κ1) is 15.5. The van der Waals surface area contributed by atoms with Gasteiger partial charge in [0.05, 0.1) is 12.1 Å². The van der Waals surface area contributed by atoms with Crippen molar-refractivity contribution in [2.75, 3.05) is 6.54 Å². The third-order valence-corrected chi connectivity index (χ3v) is 2.20. The molecule has 0 heterocycles. The van der Waals surface area contributed by atoms with Crippen molar-refractivity contribution in [3.05, 3.63) is 34.9 Å². The lowest BCUT2D eigenvalue weighted by atomic mass is 10.2. The van der Waals surface area contributed by atoms with Crippen molar-refractivity contribution >= 4 is 23.4 Å². The van der Waals surface area contributed by atoms with E-state index in [-0.39, 0.29) is 12.5 Å². The second-order valence-electron chi connectivity index (χ2n) is 4.93. The Labute approximate surface area is 117 Å². The number of hydrogen-bond donors (Lipinski definition) is 2. The summed E-state index contributed by atoms with van der Waals surface area (Å²) < 4.78 is 0. The fraction of sp³-hybridized carbons (Fsp3) is 0.385. The van der Waals surface area contributed by atoms with E-state index in [4.69, 9.17) is 16.4 Å². The number of carbonyl (C=O) groups excluding carboxylic acids is 2. The molecule has 0 aliphatic rings. The number of halogens is 1. The molecule has 0 radical (unpaired) electrons. The van der Waals surface area contributed by atoms with Crippen LogP contribution in [0.3, 0.4) is 0 Å². The van der Waals surface area contributed by atoms with Crippen LogP contribution in [0, 0.1) is 0 Å². The van der Waals surface area contributed by atoms with Gasteiger partial charge >= 0.3 is 0 Å². The number of rotatable bonds is 4. The van der Waals surface area contributed by atoms with Crippen LogP contribution in [0.15, 0.2) is 24.3 Å². The molecule has 1 aromatic carbocycles. The van der Waals surface area contributed by atoms with Gasteiger partial charge in [0.2, 0.25) is 0 Å². The monoisotopic (exact) mass is 284 g/mol. The Balaban J connectivity index is 2.40. The van der Waals surface area contributed by atoms with Crippen LogP contribution in [0.5, 0.6) is 0 Å². The summed E-state index contributed by atoms with van der Waals surface area (Å²) in [4.78, 5) is 28.2. The first-order valence-electron chi connectivity index (χ1n) is 5.78. The van der Waals surface area contributed by atoms with Gasteiger partial charge in [0, 0.05) is 10.6 Å². The third-order valence-electron chi connectivity index (χ3n) is 1.97. The van der Waals surface area contributed by atoms with Crippen molar-refractivity contribution in [2.45, 2.75) is 26.4 Å². The fourth-order valence-corrected chi connectivity index (χ4v) is 1.33. The highest BCUT2D eigenvalue weighted by molar-refractivity contribution is 6.30. The van der Waals surface area contributed by atoms with Gasteiger partial charge in [-0.2, -0.15) is 0 Å². The molecule has 0 saturated carbocycles. The Morgan fingerprint density at radius 3 is 2.58 bits per heavy atom. The van der Waals surface area contributed by atoms with Crippen molar-refractivity contribution in [3.8, 4) is 0 Å². The molecule has 2 N–H and O–H groups in total. The molecule has 1 aromatic rings. The van der Waals surface area contributed by atoms with E-state index in [9.17, 15) is 9.59 Å². The maximum absolute atomic E-state index is 11.7. The Kier molecular flexibility index (Phi) is 5.32. The maximum Gasteiger partial charge on any atom is 0.262 e. The minimum Gasteiger partial charge on any atom is -0.343 e. The molecule has 0 aromatic heterocycles. The molecule has 0 saturated heterocycles. The van der Waals surface area contributed by atoms with Gasteiger partial charge in [0.25, 0.3) is 11.8 Å². The molecular formula is C13H17ClN2O3. The van der Waals surface area contributed by atoms with Crippen LogP contribution in [0.4, 0.5) is 0 Å². The SMILES string of the molecule is CC(C)(C)ONC(=O)CNC(=O)c1cccc(Cl)c1. The molecule has 2 amide bonds. The second-order valence-corrected chi connectivity index (χ2v) is 5.37. The molecule has 0 aliphatic heterocycles. The summed E-state index contributed by atoms with van der Waals surface area (Å²) in [6.07, 6.45) is 0. The topological polar surface area (TPSA) is 67.4 Å². The van der Waals surface area contributed by atoms with E-state index in [2.05, 4.69) is 10.8 Å². The number of hydroxylamine groups is 1. The summed E-state index contributed by atoms with van der Waals surface area (Å²) in [7, 11) is 0. The third kappa shape index (κ3) is 6.22. The molecule has 0 unspecified atom stereocenters. The molecule has 0 bridgehead atoms. The highest BCUT2D eigenvalue weighted by Crippen LogP contribution is 2.10. The Bertz CT molecular complexity index is 469. The predicted molar refractivity (Wildman–Crippen MR) is 72.8 cm³/mol. The molecule has 1 rings (SSSR count). The predicted octanol–water partition coefficient (Wildman–Crippen LogP) is 1.92. The Morgan fingerprint density at radius 2 is 2.00 bits per heavy atom. The summed E-state index contributed by atoms with van der Waals surface area (Å²) in [5.41, 5.74) is 2.18. The molecule has 19 heavy (non-hydrogen) atoms. The fourth-order valence-electron chi connectivity index (χ4n) is 1.14. The highest BCUT2D eigenvalue weighted by atomic mass is 35.5. The average molecular weight is 285 g/mol. The van der Waals surface area contributed by atoms with Gasteiger partial charge in [-0.05, 0) is 39.0 Å². The smallest absolute Gasteiger partial charge is 0.262 e. The van der Waals surface area contributed by atoms with Gasteiger partial charge in [-0.15, -0.1) is 0 Å². The zero-order chi connectivity index (χ0) is 14.5. The number of carbonyl (C=O) groups is 2. The van der Waals surface area contributed by atoms with Gasteiger partial charge in [-0.25, -0.2) is 5.48 Å². The lowest BCUT2D eigenvalue weighted by Crippen LogP contribution is -2.40. The van der Waals surface area contributed by atoms with Gasteiger partial charge < -0.3 is 5.32 Å². The molecule has 0 atom stereocenters. The molecular weight excluding hydrogens is 268 g/mol. The molecule has 5 nitrogen and oxygen atoms in total. The van der Waals surface area contributed by atoms with E-state index in [1.807, 2.05) is 0 Å². The molecule has 104 valence electrons. The minimum atomic E-state index is -0.480. The Hall–Kier alpha value is -1.59. The van der Waals surface area contributed by atoms with Crippen molar-refractivity contribution in [3.63, 3.8) is 0 Å². The summed E-state index contributed by atoms with van der Waals surface area (Å²) in [6.45, 7) is 5.24. The first-order chi connectivity index (χ1) is 8.78. The van der Waals surface area contributed by atoms with Gasteiger partial charge in [0.15, 0.2) is 0 Å². The molecule has 0 aliphatic carbocycles. The number of nitrogens with one attached hydrogen (secondary N) is 2. The lowest BCUT2D eigenvalue weighted by molar-refractivity contribution is -0.144. The molecule has 6 heteroatoms. The van der Waals surface area contributed by atoms with E-state index >= 15 is 0 Å². The number of benzene rings is 1. The van der Waals surface area contributed by atoms with E-state index in [1.165, 1.54) is 6.07 Å². The standard InChI is InChI=1S/C13H17ClN2O3/c1-13(2,3)19-16-11(17)8-15-12(18)9-5-4-6-10(14)7-9/h4-7H,8H2,1-3H3,(H,15,18)(H,16,17). The summed E-state index contributed by atoms with van der Waals surface area (Å²) >= 11 is 5.77. The molecule has 0 fully saturated rings. The van der Waals surface area contributed by atoms with Gasteiger partial charge in [0.1, 0.15) is 0 Å². The van der Waals surface area contributed by atoms with E-state index < -0.39 is 11.5 Å². The number of hydrogen-bond acceptors (Lipinski definition) is 3. The van der Waals surface area contributed by atoms with Crippen molar-refractivity contribution < 1.29 is 14.4 Å². The highest BCUT2D eigenvalue weighted by Gasteiger charge is 2.13. The van der Waals surface area contributed by atoms with Crippen LogP contribution >= 0.6 is 11.6 Å². The summed E-state index contributed by atoms with van der Waals surface area (Å²) in [6, 6.07) is 6.48. The Morgan fingerprint density at radius 1 is 1.32 bits per heavy atom. The van der Waals surface area contributed by atoms with Crippen LogP contribution in [-0.4, -0.2) is 24.0 Å². The van der Waals surface area contributed by atoms with Crippen molar-refractivity contribution in [1.82, 2.24) is 10.8 Å². The van der Waals surface area contributed by atoms with Crippen molar-refractivity contribution in [1.29, 1.82) is 0 Å². The van der Waals surface area contributed by atoms with Gasteiger partial charge in [-0.1, -0.05) is 17.7 Å². The van der Waals surface area contributed by atoms with Crippen LogP contribution in [0.25, 0.3) is 0 Å². The summed E-state index contributed by atoms with van der Waals surface area (Å²) in [5, 5.41) is 2.94. The average Bonchev–Trinajstić information content (AvgIpc) is 2.32. The maximum atomic E-state index is 11.7. The quantitative estimate of drug-likeness (QED) is 0.830. The van der Waals surface area contributed by atoms with Crippen molar-refractivity contribution in [2.24, 2.45) is 0 Å². The number of amides is 2. The van der Waals surface area contributed by atoms with Crippen LogP contribution < -0.4 is 10.8 Å².